The van der Waals surface area contributed by atoms with E-state index < -0.39 is 23.9 Å². The van der Waals surface area contributed by atoms with Crippen LogP contribution in [0.25, 0.3) is 10.9 Å². The topological polar surface area (TPSA) is 115 Å². The van der Waals surface area contributed by atoms with Crippen molar-refractivity contribution in [2.75, 3.05) is 20.2 Å². The lowest BCUT2D eigenvalue weighted by Crippen LogP contribution is -2.41. The van der Waals surface area contributed by atoms with Gasteiger partial charge in [-0.05, 0) is 6.07 Å². The molecule has 0 fully saturated rings. The summed E-state index contributed by atoms with van der Waals surface area (Å²) < 4.78 is 6.36. The fraction of sp³-hybridized carbons (Fsp3) is 0.235. The summed E-state index contributed by atoms with van der Waals surface area (Å²) in [6, 6.07) is 6.03. The highest BCUT2D eigenvalue weighted by Crippen LogP contribution is 2.27. The second-order valence-electron chi connectivity index (χ2n) is 5.16. The number of fused-ring (bicyclic) bond motifs is 1. The third kappa shape index (κ3) is 3.86. The molecule has 8 nitrogen and oxygen atoms in total. The molecule has 1 aromatic carbocycles. The van der Waals surface area contributed by atoms with E-state index >= 15 is 0 Å². The molecule has 2 amide bonds. The third-order valence-electron chi connectivity index (χ3n) is 3.57. The fourth-order valence-electron chi connectivity index (χ4n) is 2.44. The molecule has 1 aromatic heterocycles. The van der Waals surface area contributed by atoms with Crippen molar-refractivity contribution in [2.24, 2.45) is 5.73 Å². The van der Waals surface area contributed by atoms with Gasteiger partial charge in [0.15, 0.2) is 0 Å². The number of nitrogens with zero attached hydrogens (tertiary/aromatic N) is 1. The highest BCUT2D eigenvalue weighted by Gasteiger charge is 2.26. The van der Waals surface area contributed by atoms with Crippen molar-refractivity contribution >= 4 is 28.8 Å². The van der Waals surface area contributed by atoms with Gasteiger partial charge in [-0.15, -0.1) is 0 Å². The molecule has 25 heavy (non-hydrogen) atoms. The van der Waals surface area contributed by atoms with E-state index in [1.165, 1.54) is 23.9 Å². The van der Waals surface area contributed by atoms with Crippen molar-refractivity contribution in [2.45, 2.75) is 6.04 Å². The zero-order valence-corrected chi connectivity index (χ0v) is 13.8. The van der Waals surface area contributed by atoms with Crippen LogP contribution in [0.4, 0.5) is 4.79 Å². The molecule has 132 valence electrons. The van der Waals surface area contributed by atoms with Gasteiger partial charge in [0, 0.05) is 24.2 Å². The van der Waals surface area contributed by atoms with E-state index in [9.17, 15) is 14.4 Å². The van der Waals surface area contributed by atoms with Crippen LogP contribution in [-0.2, 0) is 14.3 Å². The molecule has 0 aliphatic rings. The first-order valence-corrected chi connectivity index (χ1v) is 7.62. The number of amides is 2. The minimum absolute atomic E-state index is 0.0590. The first-order valence-electron chi connectivity index (χ1n) is 7.62. The molecular weight excluding hydrogens is 324 g/mol. The molecule has 1 heterocycles. The van der Waals surface area contributed by atoms with E-state index in [-0.39, 0.29) is 13.2 Å². The number of hydrogen-bond acceptors (Lipinski definition) is 5. The summed E-state index contributed by atoms with van der Waals surface area (Å²) in [5.74, 6) is -0.913. The van der Waals surface area contributed by atoms with Crippen molar-refractivity contribution in [3.05, 3.63) is 48.7 Å². The Balaban J connectivity index is 2.54. The maximum absolute atomic E-state index is 12.3. The molecule has 0 saturated carbocycles. The Bertz CT molecular complexity index is 812. The molecular formula is C17H20N4O4. The van der Waals surface area contributed by atoms with Crippen LogP contribution < -0.4 is 16.4 Å². The first kappa shape index (κ1) is 18.2. The van der Waals surface area contributed by atoms with Gasteiger partial charge in [-0.2, -0.15) is 0 Å². The highest BCUT2D eigenvalue weighted by molar-refractivity contribution is 5.97. The zero-order valence-electron chi connectivity index (χ0n) is 13.8. The lowest BCUT2D eigenvalue weighted by molar-refractivity contribution is -0.128. The van der Waals surface area contributed by atoms with Crippen molar-refractivity contribution in [1.82, 2.24) is 15.2 Å². The van der Waals surface area contributed by atoms with Gasteiger partial charge < -0.3 is 21.1 Å². The lowest BCUT2D eigenvalue weighted by Gasteiger charge is -2.16. The van der Waals surface area contributed by atoms with Gasteiger partial charge in [0.25, 0.3) is 0 Å². The van der Waals surface area contributed by atoms with Crippen molar-refractivity contribution < 1.29 is 19.1 Å². The van der Waals surface area contributed by atoms with Crippen LogP contribution in [0.3, 0.4) is 0 Å². The molecule has 2 rings (SSSR count). The maximum atomic E-state index is 12.3. The van der Waals surface area contributed by atoms with E-state index in [0.29, 0.717) is 16.5 Å². The predicted octanol–water partition coefficient (Wildman–Crippen LogP) is 0.674. The molecule has 0 aliphatic heterocycles. The number of carbonyl (C=O) groups is 3. The third-order valence-corrected chi connectivity index (χ3v) is 3.57. The van der Waals surface area contributed by atoms with Gasteiger partial charge in [-0.3, -0.25) is 14.2 Å². The Morgan fingerprint density at radius 3 is 2.72 bits per heavy atom. The minimum atomic E-state index is -0.987. The summed E-state index contributed by atoms with van der Waals surface area (Å²) in [6.07, 6.45) is 2.33. The number of rotatable bonds is 6. The molecule has 0 spiro atoms. The summed E-state index contributed by atoms with van der Waals surface area (Å²) in [6.45, 7) is 3.30. The van der Waals surface area contributed by atoms with Crippen LogP contribution in [0.5, 0.6) is 0 Å². The molecule has 0 radical (unpaired) electrons. The second-order valence-corrected chi connectivity index (χ2v) is 5.16. The Kier molecular flexibility index (Phi) is 5.91. The number of aromatic nitrogens is 1. The summed E-state index contributed by atoms with van der Waals surface area (Å²) in [5.41, 5.74) is 6.35. The van der Waals surface area contributed by atoms with Gasteiger partial charge in [0.1, 0.15) is 12.6 Å². The summed E-state index contributed by atoms with van der Waals surface area (Å²) >= 11 is 0. The fourth-order valence-corrected chi connectivity index (χ4v) is 2.44. The van der Waals surface area contributed by atoms with Crippen LogP contribution in [0.2, 0.25) is 0 Å². The number of likely N-dealkylation sites (N-methyl/N-ethyl adjacent to an activating group) is 1. The largest absolute Gasteiger partial charge is 0.445 e. The van der Waals surface area contributed by atoms with E-state index in [0.717, 1.165) is 0 Å². The molecule has 0 unspecified atom stereocenters. The Hall–Kier alpha value is -3.13. The van der Waals surface area contributed by atoms with E-state index in [4.69, 9.17) is 10.5 Å². The Morgan fingerprint density at radius 2 is 2.08 bits per heavy atom. The monoisotopic (exact) mass is 344 g/mol. The quantitative estimate of drug-likeness (QED) is 0.666. The van der Waals surface area contributed by atoms with Crippen molar-refractivity contribution in [1.29, 1.82) is 0 Å². The van der Waals surface area contributed by atoms with Gasteiger partial charge in [0.2, 0.25) is 11.8 Å². The molecule has 2 aromatic rings. The molecule has 0 aliphatic carbocycles. The smallest absolute Gasteiger partial charge is 0.418 e. The zero-order chi connectivity index (χ0) is 18.4. The number of nitrogens with two attached hydrogens (primary N) is 1. The predicted molar refractivity (Wildman–Crippen MR) is 92.9 cm³/mol. The number of benzene rings is 1. The Morgan fingerprint density at radius 1 is 1.36 bits per heavy atom. The van der Waals surface area contributed by atoms with Crippen LogP contribution >= 0.6 is 0 Å². The van der Waals surface area contributed by atoms with Crippen LogP contribution in [-0.4, -0.2) is 42.7 Å². The first-order chi connectivity index (χ1) is 12.0. The summed E-state index contributed by atoms with van der Waals surface area (Å²) in [5, 5.41) is 5.70. The van der Waals surface area contributed by atoms with Crippen LogP contribution in [0.15, 0.2) is 43.1 Å². The molecule has 4 N–H and O–H groups in total. The SMILES string of the molecule is C=CCOC(=O)n1cc([C@@H](NC(=O)CN)C(=O)NC)c2ccccc21. The van der Waals surface area contributed by atoms with E-state index in [2.05, 4.69) is 17.2 Å². The standard InChI is InChI=1S/C17H20N4O4/c1-3-8-25-17(24)21-10-12(11-6-4-5-7-13(11)21)15(16(23)19-2)20-14(22)9-18/h3-7,10,15H,1,8-9,18H2,2H3,(H,19,23)(H,20,22)/t15-/m1/s1. The average Bonchev–Trinajstić information content (AvgIpc) is 3.02. The lowest BCUT2D eigenvalue weighted by atomic mass is 10.0. The van der Waals surface area contributed by atoms with Gasteiger partial charge in [0.05, 0.1) is 12.1 Å². The number of carbonyl (C=O) groups excluding carboxylic acids is 3. The Labute approximate surface area is 144 Å². The normalized spacial score (nSPS) is 11.6. The van der Waals surface area contributed by atoms with Gasteiger partial charge >= 0.3 is 6.09 Å². The molecule has 0 saturated heterocycles. The van der Waals surface area contributed by atoms with E-state index in [1.54, 1.807) is 24.3 Å². The number of ether oxygens (including phenoxy) is 1. The average molecular weight is 344 g/mol. The summed E-state index contributed by atoms with van der Waals surface area (Å²) in [7, 11) is 1.46. The van der Waals surface area contributed by atoms with Crippen molar-refractivity contribution in [3.63, 3.8) is 0 Å². The second kappa shape index (κ2) is 8.11. The highest BCUT2D eigenvalue weighted by atomic mass is 16.5. The number of nitrogens with one attached hydrogen (secondary N) is 2. The number of para-hydroxylation sites is 1. The number of hydrogen-bond donors (Lipinski definition) is 3. The minimum Gasteiger partial charge on any atom is -0.445 e. The van der Waals surface area contributed by atoms with Gasteiger partial charge in [-0.1, -0.05) is 30.9 Å². The van der Waals surface area contributed by atoms with Crippen molar-refractivity contribution in [3.8, 4) is 0 Å². The van der Waals surface area contributed by atoms with Gasteiger partial charge in [-0.25, -0.2) is 4.79 Å². The van der Waals surface area contributed by atoms with Crippen LogP contribution in [0.1, 0.15) is 11.6 Å². The molecule has 1 atom stereocenters. The maximum Gasteiger partial charge on any atom is 0.418 e. The van der Waals surface area contributed by atoms with E-state index in [1.807, 2.05) is 0 Å². The molecule has 8 heteroatoms. The molecule has 0 bridgehead atoms. The summed E-state index contributed by atoms with van der Waals surface area (Å²) in [4.78, 5) is 36.2. The van der Waals surface area contributed by atoms with Crippen LogP contribution in [0, 0.1) is 0 Å².